The Labute approximate surface area is 138 Å². The lowest BCUT2D eigenvalue weighted by atomic mass is 10.1. The fraction of sp³-hybridized carbons (Fsp3) is 0.412. The van der Waals surface area contributed by atoms with Crippen molar-refractivity contribution in [1.29, 1.82) is 0 Å². The van der Waals surface area contributed by atoms with E-state index in [4.69, 9.17) is 9.47 Å². The molecular formula is C17H19NO4S. The minimum absolute atomic E-state index is 0.0191. The molecule has 1 atom stereocenters. The molecule has 1 aromatic carbocycles. The first-order valence-corrected chi connectivity index (χ1v) is 8.43. The monoisotopic (exact) mass is 333 g/mol. The van der Waals surface area contributed by atoms with Crippen LogP contribution in [0.5, 0.6) is 5.75 Å². The zero-order valence-corrected chi connectivity index (χ0v) is 13.9. The molecule has 0 bridgehead atoms. The summed E-state index contributed by atoms with van der Waals surface area (Å²) in [7, 11) is 0. The van der Waals surface area contributed by atoms with E-state index < -0.39 is 5.97 Å². The molecule has 0 aliphatic carbocycles. The van der Waals surface area contributed by atoms with E-state index in [0.717, 1.165) is 17.0 Å². The van der Waals surface area contributed by atoms with Gasteiger partial charge >= 0.3 is 5.97 Å². The number of rotatable bonds is 5. The van der Waals surface area contributed by atoms with Crippen LogP contribution in [0.2, 0.25) is 0 Å². The van der Waals surface area contributed by atoms with Crippen molar-refractivity contribution in [3.63, 3.8) is 0 Å². The molecule has 1 saturated heterocycles. The zero-order valence-electron chi connectivity index (χ0n) is 13.1. The number of hydrogen-bond donors (Lipinski definition) is 1. The maximum Gasteiger partial charge on any atom is 0.335 e. The van der Waals surface area contributed by atoms with Crippen molar-refractivity contribution in [2.75, 3.05) is 13.2 Å². The van der Waals surface area contributed by atoms with Crippen molar-refractivity contribution in [2.45, 2.75) is 32.3 Å². The van der Waals surface area contributed by atoms with E-state index in [1.54, 1.807) is 23.5 Å². The molecule has 0 radical (unpaired) electrons. The van der Waals surface area contributed by atoms with Crippen LogP contribution in [0.15, 0.2) is 24.4 Å². The highest BCUT2D eigenvalue weighted by Crippen LogP contribution is 2.33. The summed E-state index contributed by atoms with van der Waals surface area (Å²) < 4.78 is 11.2. The largest absolute Gasteiger partial charge is 0.488 e. The van der Waals surface area contributed by atoms with E-state index in [-0.39, 0.29) is 11.7 Å². The summed E-state index contributed by atoms with van der Waals surface area (Å²) in [4.78, 5) is 17.0. The van der Waals surface area contributed by atoms with Gasteiger partial charge in [0.2, 0.25) is 0 Å². The SMILES string of the molecule is CC(C)c1cnc(-c2cc(OC3CCOC3)cc(C(=O)O)c2)s1. The minimum Gasteiger partial charge on any atom is -0.488 e. The summed E-state index contributed by atoms with van der Waals surface area (Å²) in [5, 5.41) is 10.1. The Kier molecular flexibility index (Phi) is 4.63. The molecule has 0 amide bonds. The third-order valence-corrected chi connectivity index (χ3v) is 5.03. The Balaban J connectivity index is 1.94. The maximum atomic E-state index is 11.4. The molecule has 23 heavy (non-hydrogen) atoms. The summed E-state index contributed by atoms with van der Waals surface area (Å²) >= 11 is 1.58. The summed E-state index contributed by atoms with van der Waals surface area (Å²) in [6.45, 7) is 5.45. The highest BCUT2D eigenvalue weighted by atomic mass is 32.1. The molecule has 0 spiro atoms. The second-order valence-corrected chi connectivity index (χ2v) is 6.94. The van der Waals surface area contributed by atoms with Crippen molar-refractivity contribution in [1.82, 2.24) is 4.98 Å². The van der Waals surface area contributed by atoms with Crippen molar-refractivity contribution in [2.24, 2.45) is 0 Å². The number of aromatic carboxylic acids is 1. The van der Waals surface area contributed by atoms with Gasteiger partial charge in [0.1, 0.15) is 16.9 Å². The van der Waals surface area contributed by atoms with Crippen LogP contribution in [0.4, 0.5) is 0 Å². The van der Waals surface area contributed by atoms with Crippen LogP contribution in [0.3, 0.4) is 0 Å². The molecule has 1 aliphatic rings. The lowest BCUT2D eigenvalue weighted by molar-refractivity contribution is 0.0696. The Morgan fingerprint density at radius 1 is 1.43 bits per heavy atom. The molecular weight excluding hydrogens is 314 g/mol. The van der Waals surface area contributed by atoms with E-state index >= 15 is 0 Å². The molecule has 2 heterocycles. The van der Waals surface area contributed by atoms with E-state index in [1.165, 1.54) is 4.88 Å². The van der Waals surface area contributed by atoms with Crippen LogP contribution < -0.4 is 4.74 Å². The fourth-order valence-corrected chi connectivity index (χ4v) is 3.30. The molecule has 1 N–H and O–H groups in total. The average molecular weight is 333 g/mol. The highest BCUT2D eigenvalue weighted by molar-refractivity contribution is 7.15. The second-order valence-electron chi connectivity index (χ2n) is 5.88. The van der Waals surface area contributed by atoms with Crippen LogP contribution >= 0.6 is 11.3 Å². The van der Waals surface area contributed by atoms with Gasteiger partial charge in [-0.2, -0.15) is 0 Å². The van der Waals surface area contributed by atoms with Crippen molar-refractivity contribution < 1.29 is 19.4 Å². The molecule has 6 heteroatoms. The number of carboxylic acids is 1. The third-order valence-electron chi connectivity index (χ3n) is 3.68. The van der Waals surface area contributed by atoms with E-state index in [0.29, 0.717) is 24.9 Å². The van der Waals surface area contributed by atoms with Gasteiger partial charge in [-0.1, -0.05) is 13.8 Å². The molecule has 0 saturated carbocycles. The van der Waals surface area contributed by atoms with Crippen LogP contribution in [0, 0.1) is 0 Å². The van der Waals surface area contributed by atoms with Gasteiger partial charge in [0.25, 0.3) is 0 Å². The second kappa shape index (κ2) is 6.68. The topological polar surface area (TPSA) is 68.7 Å². The molecule has 1 fully saturated rings. The van der Waals surface area contributed by atoms with Gasteiger partial charge in [0.05, 0.1) is 18.8 Å². The first kappa shape index (κ1) is 16.0. The Bertz CT molecular complexity index is 704. The average Bonchev–Trinajstić information content (AvgIpc) is 3.18. The van der Waals surface area contributed by atoms with Crippen molar-refractivity contribution in [3.8, 4) is 16.3 Å². The lowest BCUT2D eigenvalue weighted by Crippen LogP contribution is -2.16. The summed E-state index contributed by atoms with van der Waals surface area (Å²) in [6, 6.07) is 5.05. The quantitative estimate of drug-likeness (QED) is 0.901. The van der Waals surface area contributed by atoms with Gasteiger partial charge in [-0.15, -0.1) is 11.3 Å². The minimum atomic E-state index is -0.972. The number of ether oxygens (including phenoxy) is 2. The van der Waals surface area contributed by atoms with Gasteiger partial charge < -0.3 is 14.6 Å². The fourth-order valence-electron chi connectivity index (χ4n) is 2.40. The summed E-state index contributed by atoms with van der Waals surface area (Å²) in [5.41, 5.74) is 0.980. The van der Waals surface area contributed by atoms with E-state index in [1.807, 2.05) is 12.3 Å². The Morgan fingerprint density at radius 3 is 2.87 bits per heavy atom. The molecule has 122 valence electrons. The van der Waals surface area contributed by atoms with Crippen molar-refractivity contribution >= 4 is 17.3 Å². The highest BCUT2D eigenvalue weighted by Gasteiger charge is 2.19. The predicted molar refractivity (Wildman–Crippen MR) is 88.5 cm³/mol. The number of carboxylic acid groups (broad SMARTS) is 1. The van der Waals surface area contributed by atoms with Gasteiger partial charge in [-0.05, 0) is 24.1 Å². The molecule has 3 rings (SSSR count). The number of nitrogens with zero attached hydrogens (tertiary/aromatic N) is 1. The van der Waals surface area contributed by atoms with Crippen LogP contribution in [0.1, 0.15) is 41.4 Å². The number of aromatic nitrogens is 1. The first-order chi connectivity index (χ1) is 11.0. The number of carbonyl (C=O) groups is 1. The molecule has 5 nitrogen and oxygen atoms in total. The Hall–Kier alpha value is -1.92. The van der Waals surface area contributed by atoms with Gasteiger partial charge in [0.15, 0.2) is 0 Å². The maximum absolute atomic E-state index is 11.4. The molecule has 1 aromatic heterocycles. The van der Waals surface area contributed by atoms with E-state index in [2.05, 4.69) is 18.8 Å². The van der Waals surface area contributed by atoms with Crippen LogP contribution in [0.25, 0.3) is 10.6 Å². The van der Waals surface area contributed by atoms with Crippen LogP contribution in [-0.4, -0.2) is 35.4 Å². The van der Waals surface area contributed by atoms with Gasteiger partial charge in [-0.25, -0.2) is 9.78 Å². The normalized spacial score (nSPS) is 17.6. The standard InChI is InChI=1S/C17H19NO4S/c1-10(2)15-8-18-16(23-15)11-5-12(17(19)20)7-14(6-11)22-13-3-4-21-9-13/h5-8,10,13H,3-4,9H2,1-2H3,(H,19,20). The lowest BCUT2D eigenvalue weighted by Gasteiger charge is -2.13. The molecule has 1 aliphatic heterocycles. The third kappa shape index (κ3) is 3.71. The van der Waals surface area contributed by atoms with E-state index in [9.17, 15) is 9.90 Å². The predicted octanol–water partition coefficient (Wildman–Crippen LogP) is 3.80. The van der Waals surface area contributed by atoms with Crippen molar-refractivity contribution in [3.05, 3.63) is 34.8 Å². The summed E-state index contributed by atoms with van der Waals surface area (Å²) in [6.07, 6.45) is 2.65. The zero-order chi connectivity index (χ0) is 16.4. The van der Waals surface area contributed by atoms with Gasteiger partial charge in [-0.3, -0.25) is 0 Å². The first-order valence-electron chi connectivity index (χ1n) is 7.62. The van der Waals surface area contributed by atoms with Crippen LogP contribution in [-0.2, 0) is 4.74 Å². The molecule has 2 aromatic rings. The number of hydrogen-bond acceptors (Lipinski definition) is 5. The van der Waals surface area contributed by atoms with Gasteiger partial charge in [0, 0.05) is 23.1 Å². The number of benzene rings is 1. The smallest absolute Gasteiger partial charge is 0.335 e. The molecule has 1 unspecified atom stereocenters. The number of thiazole rings is 1. The summed E-state index contributed by atoms with van der Waals surface area (Å²) in [5.74, 6) is -0.0213. The Morgan fingerprint density at radius 2 is 2.26 bits per heavy atom.